The van der Waals surface area contributed by atoms with Crippen LogP contribution in [0.1, 0.15) is 19.4 Å². The fourth-order valence-corrected chi connectivity index (χ4v) is 2.64. The normalized spacial score (nSPS) is 12.3. The summed E-state index contributed by atoms with van der Waals surface area (Å²) < 4.78 is 24.5. The van der Waals surface area contributed by atoms with E-state index < -0.39 is 10.0 Å². The minimum absolute atomic E-state index is 0.0486. The van der Waals surface area contributed by atoms with Crippen molar-refractivity contribution in [3.63, 3.8) is 0 Å². The van der Waals surface area contributed by atoms with Gasteiger partial charge in [-0.1, -0.05) is 12.1 Å². The van der Waals surface area contributed by atoms with Gasteiger partial charge in [0, 0.05) is 18.3 Å². The number of nitrogens with two attached hydrogens (primary N) is 1. The largest absolute Gasteiger partial charge is 0.399 e. The predicted molar refractivity (Wildman–Crippen MR) is 66.4 cm³/mol. The highest BCUT2D eigenvalue weighted by Gasteiger charge is 2.19. The molecule has 0 saturated heterocycles. The van der Waals surface area contributed by atoms with E-state index in [9.17, 15) is 8.42 Å². The molecule has 0 unspecified atom stereocenters. The van der Waals surface area contributed by atoms with E-state index in [1.165, 1.54) is 10.6 Å². The molecule has 0 aliphatic rings. The molecule has 0 aromatic heterocycles. The number of nitrogen functional groups attached to an aromatic ring is 1. The molecule has 0 saturated carbocycles. The highest BCUT2D eigenvalue weighted by atomic mass is 32.2. The Morgan fingerprint density at radius 3 is 2.12 bits per heavy atom. The van der Waals surface area contributed by atoms with Crippen LogP contribution in [0, 0.1) is 0 Å². The van der Waals surface area contributed by atoms with E-state index in [1.807, 2.05) is 26.0 Å². The van der Waals surface area contributed by atoms with Crippen molar-refractivity contribution in [3.8, 4) is 0 Å². The van der Waals surface area contributed by atoms with Crippen LogP contribution in [-0.4, -0.2) is 25.0 Å². The first-order valence-corrected chi connectivity index (χ1v) is 6.97. The zero-order valence-corrected chi connectivity index (χ0v) is 10.7. The average molecular weight is 242 g/mol. The Morgan fingerprint density at radius 2 is 1.75 bits per heavy atom. The van der Waals surface area contributed by atoms with Crippen molar-refractivity contribution >= 4 is 15.7 Å². The number of nitrogens with zero attached hydrogens (tertiary/aromatic N) is 1. The molecule has 0 spiro atoms. The maximum absolute atomic E-state index is 11.5. The van der Waals surface area contributed by atoms with Gasteiger partial charge in [-0.05, 0) is 31.5 Å². The molecular formula is C11H18N2O2S. The van der Waals surface area contributed by atoms with Crippen molar-refractivity contribution in [1.29, 1.82) is 0 Å². The van der Waals surface area contributed by atoms with Gasteiger partial charge in [0.2, 0.25) is 10.0 Å². The van der Waals surface area contributed by atoms with Crippen LogP contribution in [-0.2, 0) is 16.6 Å². The summed E-state index contributed by atoms with van der Waals surface area (Å²) in [6, 6.07) is 7.19. The predicted octanol–water partition coefficient (Wildman–Crippen LogP) is 1.44. The van der Waals surface area contributed by atoms with Crippen LogP contribution in [0.3, 0.4) is 0 Å². The Bertz CT molecular complexity index is 438. The van der Waals surface area contributed by atoms with Gasteiger partial charge < -0.3 is 5.73 Å². The van der Waals surface area contributed by atoms with Crippen molar-refractivity contribution in [2.75, 3.05) is 12.0 Å². The summed E-state index contributed by atoms with van der Waals surface area (Å²) in [5.74, 6) is 0. The minimum atomic E-state index is -3.17. The Balaban J connectivity index is 2.89. The molecule has 1 rings (SSSR count). The van der Waals surface area contributed by atoms with E-state index in [4.69, 9.17) is 5.73 Å². The number of anilines is 1. The smallest absolute Gasteiger partial charge is 0.211 e. The molecule has 0 aliphatic carbocycles. The van der Waals surface area contributed by atoms with Crippen LogP contribution in [0.2, 0.25) is 0 Å². The maximum Gasteiger partial charge on any atom is 0.211 e. The molecule has 90 valence electrons. The Hall–Kier alpha value is -1.07. The Labute approximate surface area is 97.1 Å². The second-order valence-electron chi connectivity index (χ2n) is 4.14. The lowest BCUT2D eigenvalue weighted by Gasteiger charge is -2.23. The monoisotopic (exact) mass is 242 g/mol. The third kappa shape index (κ3) is 3.50. The lowest BCUT2D eigenvalue weighted by molar-refractivity contribution is 0.351. The topological polar surface area (TPSA) is 63.4 Å². The maximum atomic E-state index is 11.5. The standard InChI is InChI=1S/C11H18N2O2S/c1-9(2)13(16(3,14)15)8-10-4-6-11(12)7-5-10/h4-7,9H,8,12H2,1-3H3. The molecule has 5 heteroatoms. The molecule has 16 heavy (non-hydrogen) atoms. The third-order valence-corrected chi connectivity index (χ3v) is 3.72. The molecule has 0 heterocycles. The summed E-state index contributed by atoms with van der Waals surface area (Å²) in [5, 5.41) is 0. The fourth-order valence-electron chi connectivity index (χ4n) is 1.49. The molecule has 2 N–H and O–H groups in total. The number of benzene rings is 1. The van der Waals surface area contributed by atoms with Gasteiger partial charge in [0.05, 0.1) is 6.26 Å². The number of hydrogen-bond donors (Lipinski definition) is 1. The van der Waals surface area contributed by atoms with Gasteiger partial charge in [-0.15, -0.1) is 0 Å². The van der Waals surface area contributed by atoms with Crippen molar-refractivity contribution < 1.29 is 8.42 Å². The zero-order valence-electron chi connectivity index (χ0n) is 9.84. The van der Waals surface area contributed by atoms with Crippen LogP contribution in [0.25, 0.3) is 0 Å². The van der Waals surface area contributed by atoms with Gasteiger partial charge >= 0.3 is 0 Å². The summed E-state index contributed by atoms with van der Waals surface area (Å²) >= 11 is 0. The number of hydrogen-bond acceptors (Lipinski definition) is 3. The van der Waals surface area contributed by atoms with Gasteiger partial charge in [-0.2, -0.15) is 4.31 Å². The summed E-state index contributed by atoms with van der Waals surface area (Å²) in [6.45, 7) is 4.10. The van der Waals surface area contributed by atoms with E-state index in [0.717, 1.165) is 5.56 Å². The molecular weight excluding hydrogens is 224 g/mol. The fraction of sp³-hybridized carbons (Fsp3) is 0.455. The SMILES string of the molecule is CC(C)N(Cc1ccc(N)cc1)S(C)(=O)=O. The molecule has 1 aromatic rings. The summed E-state index contributed by atoms with van der Waals surface area (Å²) in [4.78, 5) is 0. The van der Waals surface area contributed by atoms with Gasteiger partial charge in [0.1, 0.15) is 0 Å². The molecule has 0 bridgehead atoms. The molecule has 0 aliphatic heterocycles. The van der Waals surface area contributed by atoms with Crippen LogP contribution >= 0.6 is 0 Å². The van der Waals surface area contributed by atoms with Crippen molar-refractivity contribution in [3.05, 3.63) is 29.8 Å². The summed E-state index contributed by atoms with van der Waals surface area (Å²) in [5.41, 5.74) is 7.19. The second kappa shape index (κ2) is 4.84. The number of rotatable bonds is 4. The lowest BCUT2D eigenvalue weighted by Crippen LogP contribution is -2.35. The quantitative estimate of drug-likeness (QED) is 0.813. The van der Waals surface area contributed by atoms with Gasteiger partial charge in [-0.25, -0.2) is 8.42 Å². The van der Waals surface area contributed by atoms with Crippen molar-refractivity contribution in [2.24, 2.45) is 0 Å². The van der Waals surface area contributed by atoms with E-state index in [-0.39, 0.29) is 6.04 Å². The van der Waals surface area contributed by atoms with E-state index in [2.05, 4.69) is 0 Å². The molecule has 0 atom stereocenters. The molecule has 0 fully saturated rings. The van der Waals surface area contributed by atoms with Crippen LogP contribution < -0.4 is 5.73 Å². The van der Waals surface area contributed by atoms with Crippen molar-refractivity contribution in [1.82, 2.24) is 4.31 Å². The minimum Gasteiger partial charge on any atom is -0.399 e. The Kier molecular flexibility index (Phi) is 3.93. The van der Waals surface area contributed by atoms with Gasteiger partial charge in [0.15, 0.2) is 0 Å². The lowest BCUT2D eigenvalue weighted by atomic mass is 10.2. The highest BCUT2D eigenvalue weighted by Crippen LogP contribution is 2.13. The zero-order chi connectivity index (χ0) is 12.3. The van der Waals surface area contributed by atoms with E-state index >= 15 is 0 Å². The second-order valence-corrected chi connectivity index (χ2v) is 6.08. The molecule has 1 aromatic carbocycles. The third-order valence-electron chi connectivity index (χ3n) is 2.32. The van der Waals surface area contributed by atoms with Crippen LogP contribution in [0.4, 0.5) is 5.69 Å². The van der Waals surface area contributed by atoms with E-state index in [1.54, 1.807) is 12.1 Å². The Morgan fingerprint density at radius 1 is 1.25 bits per heavy atom. The summed E-state index contributed by atoms with van der Waals surface area (Å²) in [7, 11) is -3.17. The van der Waals surface area contributed by atoms with Gasteiger partial charge in [-0.3, -0.25) is 0 Å². The average Bonchev–Trinajstić information content (AvgIpc) is 2.14. The molecule has 4 nitrogen and oxygen atoms in total. The highest BCUT2D eigenvalue weighted by molar-refractivity contribution is 7.88. The first kappa shape index (κ1) is 13.0. The molecule has 0 radical (unpaired) electrons. The van der Waals surface area contributed by atoms with Crippen molar-refractivity contribution in [2.45, 2.75) is 26.4 Å². The van der Waals surface area contributed by atoms with Crippen LogP contribution in [0.5, 0.6) is 0 Å². The van der Waals surface area contributed by atoms with E-state index in [0.29, 0.717) is 12.2 Å². The summed E-state index contributed by atoms with van der Waals surface area (Å²) in [6.07, 6.45) is 1.23. The molecule has 0 amide bonds. The van der Waals surface area contributed by atoms with Crippen LogP contribution in [0.15, 0.2) is 24.3 Å². The number of sulfonamides is 1. The first-order valence-electron chi connectivity index (χ1n) is 5.12. The first-order chi connectivity index (χ1) is 7.30. The van der Waals surface area contributed by atoms with Gasteiger partial charge in [0.25, 0.3) is 0 Å².